The maximum Gasteiger partial charge on any atom is 0.433 e. The number of hydrogen-bond donors (Lipinski definition) is 3. The average molecular weight is 1050 g/mol. The van der Waals surface area contributed by atoms with Crippen LogP contribution in [0.4, 0.5) is 61.2 Å². The van der Waals surface area contributed by atoms with E-state index in [-0.39, 0.29) is 49.7 Å². The fraction of sp³-hybridized carbons (Fsp3) is 0.417. The number of aryl methyl sites for hydroxylation is 2. The van der Waals surface area contributed by atoms with Gasteiger partial charge in [-0.2, -0.15) is 46.5 Å². The minimum atomic E-state index is -4.54. The number of hydrogen-bond acceptors (Lipinski definition) is 16. The van der Waals surface area contributed by atoms with Gasteiger partial charge in [-0.3, -0.25) is 43.4 Å². The number of likely N-dealkylation sites (N-methyl/N-ethyl adjacent to an activating group) is 2. The van der Waals surface area contributed by atoms with E-state index in [2.05, 4.69) is 56.1 Å². The van der Waals surface area contributed by atoms with Crippen LogP contribution in [-0.4, -0.2) is 105 Å². The number of halogens is 6. The number of pyridine rings is 2. The van der Waals surface area contributed by atoms with E-state index in [1.54, 1.807) is 95.6 Å². The molecule has 6 aromatic heterocycles. The summed E-state index contributed by atoms with van der Waals surface area (Å²) in [5.74, 6) is 0.260. The Morgan fingerprint density at radius 3 is 1.67 bits per heavy atom. The van der Waals surface area contributed by atoms with Crippen LogP contribution in [0.3, 0.4) is 0 Å². The van der Waals surface area contributed by atoms with Gasteiger partial charge < -0.3 is 30.5 Å². The zero-order valence-corrected chi connectivity index (χ0v) is 42.3. The Morgan fingerprint density at radius 2 is 1.17 bits per heavy atom. The van der Waals surface area contributed by atoms with Gasteiger partial charge in [-0.15, -0.1) is 0 Å². The van der Waals surface area contributed by atoms with Crippen molar-refractivity contribution in [2.24, 2.45) is 0 Å². The van der Waals surface area contributed by atoms with Crippen LogP contribution in [0.5, 0.6) is 0 Å². The number of carbonyl (C=O) groups is 4. The molecule has 27 heteroatoms. The zero-order chi connectivity index (χ0) is 54.7. The second-order valence-electron chi connectivity index (χ2n) is 18.8. The monoisotopic (exact) mass is 1050 g/mol. The van der Waals surface area contributed by atoms with Gasteiger partial charge in [0.15, 0.2) is 11.6 Å². The van der Waals surface area contributed by atoms with Crippen LogP contribution in [0.1, 0.15) is 92.5 Å². The highest BCUT2D eigenvalue weighted by atomic mass is 19.4. The number of rotatable bonds is 13. The number of alkyl halides is 6. The van der Waals surface area contributed by atoms with E-state index in [1.807, 2.05) is 0 Å². The molecule has 2 aliphatic heterocycles. The van der Waals surface area contributed by atoms with E-state index in [0.29, 0.717) is 70.1 Å². The predicted molar refractivity (Wildman–Crippen MR) is 261 cm³/mol. The molecule has 3 amide bonds. The second-order valence-corrected chi connectivity index (χ2v) is 18.8. The number of ether oxygens (including phenoxy) is 1. The quantitative estimate of drug-likeness (QED) is 0.0805. The number of carbonyl (C=O) groups excluding carboxylic acids is 4. The number of nitrogens with zero attached hydrogens (tertiary/aromatic N) is 13. The summed E-state index contributed by atoms with van der Waals surface area (Å²) < 4.78 is 84.9. The Hall–Kier alpha value is -8.26. The van der Waals surface area contributed by atoms with Crippen molar-refractivity contribution in [1.29, 1.82) is 0 Å². The van der Waals surface area contributed by atoms with Crippen LogP contribution < -0.4 is 30.7 Å². The molecular weight excluding hydrogens is 995 g/mol. The first-order valence-electron chi connectivity index (χ1n) is 23.3. The van der Waals surface area contributed by atoms with Crippen molar-refractivity contribution in [2.75, 3.05) is 44.7 Å². The molecule has 6 aromatic rings. The molecule has 0 saturated carbocycles. The lowest BCUT2D eigenvalue weighted by Crippen LogP contribution is -2.45. The van der Waals surface area contributed by atoms with E-state index in [9.17, 15) is 45.5 Å². The van der Waals surface area contributed by atoms with Gasteiger partial charge in [0.05, 0.1) is 49.8 Å². The third kappa shape index (κ3) is 13.5. The fourth-order valence-electron chi connectivity index (χ4n) is 7.55. The van der Waals surface area contributed by atoms with Crippen molar-refractivity contribution < 1.29 is 50.3 Å². The SMILES string of the molecule is Cc1nc(N(Cc2cnn(Cc3ccc(C(F)(F)F)nc3)c2)C(=O)CCC(=O)OC(C)(C)C)nc2c1NC(=O)[C@H](C)N2C.Cc1nc(NCc2cnn(Cc3ccc(C(F)(F)F)nc3)c2)nc2c1NC(=O)[C@H](C)N2C. The first-order valence-corrected chi connectivity index (χ1v) is 23.3. The maximum absolute atomic E-state index is 13.5. The van der Waals surface area contributed by atoms with Gasteiger partial charge in [-0.05, 0) is 71.7 Å². The minimum Gasteiger partial charge on any atom is -0.460 e. The Bertz CT molecular complexity index is 3060. The number of nitrogens with one attached hydrogen (secondary N) is 3. The summed E-state index contributed by atoms with van der Waals surface area (Å²) in [7, 11) is 3.52. The van der Waals surface area contributed by atoms with Gasteiger partial charge in [-0.1, -0.05) is 12.1 Å². The third-order valence-corrected chi connectivity index (χ3v) is 11.8. The van der Waals surface area contributed by atoms with E-state index < -0.39 is 47.3 Å². The molecule has 0 aliphatic carbocycles. The number of amides is 3. The standard InChI is InChI=1S/C28H33F3N8O4.C20H21F3N8O/c1-16-23-24(37(6)17(2)25(42)35-23)36-26(34-16)39(21(40)9-10-22(41)43-27(3,4)5)15-19-12-33-38(14-19)13-18-7-8-20(32-11-18)28(29,30)31;1-11-16-17(30(3)12(2)18(32)28-16)29-19(27-11)25-7-14-8-26-31(10-14)9-13-4-5-15(24-6-13)20(21,22)23/h7-8,11-12,14,17H,9-10,13,15H2,1-6H3,(H,35,42);4-6,8,10,12H,7,9H2,1-3H3,(H,28,32)(H,25,27,29)/t17-;12-/m00/s1. The molecule has 21 nitrogen and oxygen atoms in total. The van der Waals surface area contributed by atoms with Gasteiger partial charge >= 0.3 is 18.3 Å². The van der Waals surface area contributed by atoms with Crippen LogP contribution in [-0.2, 0) is 62.4 Å². The summed E-state index contributed by atoms with van der Waals surface area (Å²) in [6.07, 6.45) is -0.401. The number of anilines is 6. The Kier molecular flexibility index (Phi) is 15.8. The first kappa shape index (κ1) is 54.5. The summed E-state index contributed by atoms with van der Waals surface area (Å²) in [6.45, 7) is 13.0. The lowest BCUT2D eigenvalue weighted by atomic mass is 10.1. The second kappa shape index (κ2) is 21.7. The fourth-order valence-corrected chi connectivity index (χ4v) is 7.55. The maximum atomic E-state index is 13.5. The van der Waals surface area contributed by atoms with Crippen molar-refractivity contribution in [2.45, 2.75) is 118 Å². The Morgan fingerprint density at radius 1 is 0.680 bits per heavy atom. The molecule has 75 heavy (non-hydrogen) atoms. The molecule has 8 heterocycles. The van der Waals surface area contributed by atoms with E-state index in [4.69, 9.17) is 4.74 Å². The topological polar surface area (TPSA) is 236 Å². The van der Waals surface area contributed by atoms with Crippen molar-refractivity contribution in [3.05, 3.63) is 106 Å². The lowest BCUT2D eigenvalue weighted by molar-refractivity contribution is -0.155. The molecule has 2 aliphatic rings. The van der Waals surface area contributed by atoms with Gasteiger partial charge in [0, 0.05) is 63.0 Å². The molecule has 0 unspecified atom stereocenters. The van der Waals surface area contributed by atoms with Gasteiger partial charge in [0.1, 0.15) is 40.4 Å². The molecule has 0 spiro atoms. The van der Waals surface area contributed by atoms with E-state index >= 15 is 0 Å². The molecule has 0 aromatic carbocycles. The molecule has 3 N–H and O–H groups in total. The highest BCUT2D eigenvalue weighted by Gasteiger charge is 2.35. The Labute approximate surface area is 426 Å². The van der Waals surface area contributed by atoms with Crippen molar-refractivity contribution in [1.82, 2.24) is 49.5 Å². The normalized spacial score (nSPS) is 15.5. The van der Waals surface area contributed by atoms with Crippen LogP contribution in [0, 0.1) is 13.8 Å². The molecule has 0 bridgehead atoms. The van der Waals surface area contributed by atoms with Crippen LogP contribution in [0.25, 0.3) is 0 Å². The van der Waals surface area contributed by atoms with Gasteiger partial charge in [0.25, 0.3) is 0 Å². The van der Waals surface area contributed by atoms with E-state index in [1.165, 1.54) is 34.1 Å². The van der Waals surface area contributed by atoms with E-state index in [0.717, 1.165) is 23.9 Å². The molecule has 0 saturated heterocycles. The summed E-state index contributed by atoms with van der Waals surface area (Å²) in [4.78, 5) is 80.0. The molecule has 0 fully saturated rings. The largest absolute Gasteiger partial charge is 0.460 e. The van der Waals surface area contributed by atoms with Gasteiger partial charge in [0.2, 0.25) is 29.6 Å². The van der Waals surface area contributed by atoms with Crippen LogP contribution in [0.15, 0.2) is 61.4 Å². The summed E-state index contributed by atoms with van der Waals surface area (Å²) in [5.41, 5.74) is 2.05. The van der Waals surface area contributed by atoms with Crippen LogP contribution in [0.2, 0.25) is 0 Å². The molecule has 0 radical (unpaired) electrons. The first-order chi connectivity index (χ1) is 35.1. The highest BCUT2D eigenvalue weighted by Crippen LogP contribution is 2.35. The van der Waals surface area contributed by atoms with Crippen molar-refractivity contribution in [3.63, 3.8) is 0 Å². The summed E-state index contributed by atoms with van der Waals surface area (Å²) >= 11 is 0. The van der Waals surface area contributed by atoms with Crippen LogP contribution >= 0.6 is 0 Å². The predicted octanol–water partition coefficient (Wildman–Crippen LogP) is 6.71. The summed E-state index contributed by atoms with van der Waals surface area (Å²) in [6, 6.07) is 3.71. The zero-order valence-electron chi connectivity index (χ0n) is 42.3. The molecule has 398 valence electrons. The molecule has 2 atom stereocenters. The Balaban J connectivity index is 0.000000228. The van der Waals surface area contributed by atoms with Gasteiger partial charge in [-0.25, -0.2) is 9.97 Å². The summed E-state index contributed by atoms with van der Waals surface area (Å²) in [5, 5.41) is 17.3. The number of fused-ring (bicyclic) bond motifs is 2. The van der Waals surface area contributed by atoms with Crippen molar-refractivity contribution in [3.8, 4) is 0 Å². The number of aromatic nitrogens is 10. The smallest absolute Gasteiger partial charge is 0.433 e. The average Bonchev–Trinajstić information content (AvgIpc) is 3.99. The third-order valence-electron chi connectivity index (χ3n) is 11.8. The molecular formula is C48H54F6N16O5. The van der Waals surface area contributed by atoms with Crippen molar-refractivity contribution >= 4 is 58.6 Å². The number of esters is 1. The minimum absolute atomic E-state index is 0.0116. The lowest BCUT2D eigenvalue weighted by Gasteiger charge is -2.33. The highest BCUT2D eigenvalue weighted by molar-refractivity contribution is 6.04. The molecule has 8 rings (SSSR count).